The molecule has 0 aliphatic heterocycles. The molecule has 0 saturated carbocycles. The standard InChI is InChI=1S/C17H19NO3/c1-12-6-5-8-15(13(12)2)18-10-11-21-16-9-4-3-7-14(16)17(19)20/h3-9,18H,10-11H2,1-2H3,(H,19,20). The van der Waals surface area contributed by atoms with Crippen LogP contribution >= 0.6 is 0 Å². The van der Waals surface area contributed by atoms with Crippen LogP contribution in [0.3, 0.4) is 0 Å². The summed E-state index contributed by atoms with van der Waals surface area (Å²) in [6.07, 6.45) is 0. The fourth-order valence-corrected chi connectivity index (χ4v) is 2.06. The second-order valence-electron chi connectivity index (χ2n) is 4.82. The predicted octanol–water partition coefficient (Wildman–Crippen LogP) is 3.49. The van der Waals surface area contributed by atoms with Crippen molar-refractivity contribution in [2.45, 2.75) is 13.8 Å². The summed E-state index contributed by atoms with van der Waals surface area (Å²) in [6, 6.07) is 12.8. The van der Waals surface area contributed by atoms with E-state index in [1.165, 1.54) is 17.2 Å². The van der Waals surface area contributed by atoms with Gasteiger partial charge in [-0.05, 0) is 43.2 Å². The van der Waals surface area contributed by atoms with Gasteiger partial charge in [-0.3, -0.25) is 0 Å². The number of carboxylic acids is 1. The van der Waals surface area contributed by atoms with E-state index in [1.807, 2.05) is 12.1 Å². The Hall–Kier alpha value is -2.49. The van der Waals surface area contributed by atoms with Gasteiger partial charge < -0.3 is 15.2 Å². The van der Waals surface area contributed by atoms with Crippen molar-refractivity contribution in [3.8, 4) is 5.75 Å². The first-order chi connectivity index (χ1) is 10.1. The number of carbonyl (C=O) groups is 1. The first-order valence-electron chi connectivity index (χ1n) is 6.85. The molecule has 0 fully saturated rings. The van der Waals surface area contributed by atoms with Gasteiger partial charge in [0.05, 0.1) is 0 Å². The topological polar surface area (TPSA) is 58.6 Å². The van der Waals surface area contributed by atoms with Crippen LogP contribution in [0.2, 0.25) is 0 Å². The molecule has 2 N–H and O–H groups in total. The minimum atomic E-state index is -0.979. The van der Waals surface area contributed by atoms with Crippen molar-refractivity contribution in [1.29, 1.82) is 0 Å². The van der Waals surface area contributed by atoms with Crippen LogP contribution in [0.25, 0.3) is 0 Å². The Morgan fingerprint density at radius 2 is 1.90 bits per heavy atom. The Kier molecular flexibility index (Phi) is 4.82. The monoisotopic (exact) mass is 285 g/mol. The van der Waals surface area contributed by atoms with Crippen molar-refractivity contribution in [3.63, 3.8) is 0 Å². The van der Waals surface area contributed by atoms with Gasteiger partial charge >= 0.3 is 5.97 Å². The summed E-state index contributed by atoms with van der Waals surface area (Å²) >= 11 is 0. The van der Waals surface area contributed by atoms with Gasteiger partial charge in [0.2, 0.25) is 0 Å². The van der Waals surface area contributed by atoms with Crippen molar-refractivity contribution >= 4 is 11.7 Å². The van der Waals surface area contributed by atoms with Gasteiger partial charge in [-0.15, -0.1) is 0 Å². The van der Waals surface area contributed by atoms with Crippen molar-refractivity contribution in [3.05, 3.63) is 59.2 Å². The first kappa shape index (κ1) is 14.9. The molecule has 4 heteroatoms. The lowest BCUT2D eigenvalue weighted by atomic mass is 10.1. The Labute approximate surface area is 124 Å². The van der Waals surface area contributed by atoms with Gasteiger partial charge in [0.15, 0.2) is 0 Å². The molecule has 0 aliphatic carbocycles. The number of nitrogens with one attached hydrogen (secondary N) is 1. The van der Waals surface area contributed by atoms with E-state index in [1.54, 1.807) is 18.2 Å². The minimum Gasteiger partial charge on any atom is -0.491 e. The summed E-state index contributed by atoms with van der Waals surface area (Å²) in [6.45, 7) is 5.15. The molecule has 0 bridgehead atoms. The fraction of sp³-hybridized carbons (Fsp3) is 0.235. The Bertz CT molecular complexity index is 638. The summed E-state index contributed by atoms with van der Waals surface area (Å²) in [5.41, 5.74) is 3.70. The summed E-state index contributed by atoms with van der Waals surface area (Å²) in [4.78, 5) is 11.1. The molecule has 0 atom stereocenters. The van der Waals surface area contributed by atoms with Gasteiger partial charge in [-0.1, -0.05) is 24.3 Å². The van der Waals surface area contributed by atoms with Gasteiger partial charge in [-0.25, -0.2) is 4.79 Å². The third-order valence-electron chi connectivity index (χ3n) is 3.40. The molecular weight excluding hydrogens is 266 g/mol. The molecule has 2 aromatic carbocycles. The predicted molar refractivity (Wildman–Crippen MR) is 83.3 cm³/mol. The smallest absolute Gasteiger partial charge is 0.339 e. The van der Waals surface area contributed by atoms with Crippen LogP contribution in [0.4, 0.5) is 5.69 Å². The van der Waals surface area contributed by atoms with Gasteiger partial charge in [0.25, 0.3) is 0 Å². The number of hydrogen-bond donors (Lipinski definition) is 2. The quantitative estimate of drug-likeness (QED) is 0.798. The van der Waals surface area contributed by atoms with E-state index in [9.17, 15) is 4.79 Å². The van der Waals surface area contributed by atoms with Crippen LogP contribution < -0.4 is 10.1 Å². The number of para-hydroxylation sites is 1. The molecule has 0 amide bonds. The lowest BCUT2D eigenvalue weighted by Gasteiger charge is -2.13. The van der Waals surface area contributed by atoms with Crippen LogP contribution in [0.15, 0.2) is 42.5 Å². The molecule has 21 heavy (non-hydrogen) atoms. The summed E-state index contributed by atoms with van der Waals surface area (Å²) in [7, 11) is 0. The molecule has 4 nitrogen and oxygen atoms in total. The van der Waals surface area contributed by atoms with Crippen LogP contribution in [0.1, 0.15) is 21.5 Å². The van der Waals surface area contributed by atoms with Crippen LogP contribution in [0, 0.1) is 13.8 Å². The number of ether oxygens (including phenoxy) is 1. The first-order valence-corrected chi connectivity index (χ1v) is 6.85. The van der Waals surface area contributed by atoms with E-state index < -0.39 is 5.97 Å². The Morgan fingerprint density at radius 1 is 1.14 bits per heavy atom. The van der Waals surface area contributed by atoms with Crippen LogP contribution in [0.5, 0.6) is 5.75 Å². The lowest BCUT2D eigenvalue weighted by Crippen LogP contribution is -2.13. The number of benzene rings is 2. The zero-order valence-electron chi connectivity index (χ0n) is 12.2. The number of carboxylic acid groups (broad SMARTS) is 1. The number of aryl methyl sites for hydroxylation is 1. The third kappa shape index (κ3) is 3.75. The summed E-state index contributed by atoms with van der Waals surface area (Å²) in [5.74, 6) is -0.583. The average Bonchev–Trinajstić information content (AvgIpc) is 2.48. The summed E-state index contributed by atoms with van der Waals surface area (Å²) < 4.78 is 5.55. The number of hydrogen-bond acceptors (Lipinski definition) is 3. The van der Waals surface area contributed by atoms with Crippen LogP contribution in [-0.2, 0) is 0 Å². The maximum atomic E-state index is 11.1. The molecule has 0 saturated heterocycles. The molecule has 0 radical (unpaired) electrons. The van der Waals surface area contributed by atoms with E-state index in [-0.39, 0.29) is 5.56 Å². The third-order valence-corrected chi connectivity index (χ3v) is 3.40. The second kappa shape index (κ2) is 6.79. The summed E-state index contributed by atoms with van der Waals surface area (Å²) in [5, 5.41) is 12.4. The van der Waals surface area contributed by atoms with Crippen molar-refractivity contribution in [2.24, 2.45) is 0 Å². The maximum Gasteiger partial charge on any atom is 0.339 e. The number of aromatic carboxylic acids is 1. The molecule has 0 spiro atoms. The van der Waals surface area contributed by atoms with Crippen LogP contribution in [-0.4, -0.2) is 24.2 Å². The highest BCUT2D eigenvalue weighted by atomic mass is 16.5. The van der Waals surface area contributed by atoms with Crippen molar-refractivity contribution in [2.75, 3.05) is 18.5 Å². The highest BCUT2D eigenvalue weighted by Gasteiger charge is 2.09. The van der Waals surface area contributed by atoms with E-state index >= 15 is 0 Å². The minimum absolute atomic E-state index is 0.184. The largest absolute Gasteiger partial charge is 0.491 e. The molecule has 2 rings (SSSR count). The normalized spacial score (nSPS) is 10.2. The Morgan fingerprint density at radius 3 is 2.67 bits per heavy atom. The average molecular weight is 285 g/mol. The molecular formula is C17H19NO3. The van der Waals surface area contributed by atoms with Crippen molar-refractivity contribution in [1.82, 2.24) is 0 Å². The molecule has 110 valence electrons. The second-order valence-corrected chi connectivity index (χ2v) is 4.82. The van der Waals surface area contributed by atoms with Gasteiger partial charge in [0, 0.05) is 12.2 Å². The van der Waals surface area contributed by atoms with E-state index in [0.29, 0.717) is 18.9 Å². The molecule has 0 aliphatic rings. The molecule has 0 heterocycles. The number of rotatable bonds is 6. The highest BCUT2D eigenvalue weighted by molar-refractivity contribution is 5.90. The highest BCUT2D eigenvalue weighted by Crippen LogP contribution is 2.19. The van der Waals surface area contributed by atoms with E-state index in [2.05, 4.69) is 25.2 Å². The molecule has 0 unspecified atom stereocenters. The van der Waals surface area contributed by atoms with E-state index in [0.717, 1.165) is 5.69 Å². The van der Waals surface area contributed by atoms with E-state index in [4.69, 9.17) is 9.84 Å². The molecule has 0 aromatic heterocycles. The Balaban J connectivity index is 1.91. The number of anilines is 1. The van der Waals surface area contributed by atoms with Gasteiger partial charge in [0.1, 0.15) is 17.9 Å². The zero-order valence-corrected chi connectivity index (χ0v) is 12.2. The maximum absolute atomic E-state index is 11.1. The zero-order chi connectivity index (χ0) is 15.2. The van der Waals surface area contributed by atoms with Crippen molar-refractivity contribution < 1.29 is 14.6 Å². The molecule has 2 aromatic rings. The van der Waals surface area contributed by atoms with Gasteiger partial charge in [-0.2, -0.15) is 0 Å². The fourth-order valence-electron chi connectivity index (χ4n) is 2.06. The lowest BCUT2D eigenvalue weighted by molar-refractivity contribution is 0.0692. The SMILES string of the molecule is Cc1cccc(NCCOc2ccccc2C(=O)O)c1C.